The predicted molar refractivity (Wildman–Crippen MR) is 90.8 cm³/mol. The molecule has 0 radical (unpaired) electrons. The number of hydrogen-bond acceptors (Lipinski definition) is 3. The first-order chi connectivity index (χ1) is 11.3. The van der Waals surface area contributed by atoms with Gasteiger partial charge in [0.25, 0.3) is 0 Å². The van der Waals surface area contributed by atoms with Gasteiger partial charge >= 0.3 is 0 Å². The average molecular weight is 319 g/mol. The van der Waals surface area contributed by atoms with Crippen LogP contribution in [0.2, 0.25) is 5.02 Å². The SMILES string of the molecule is N#Cc1c(-c2cccc(Cl)c2)nc2[nH]ncc2c1C1=CC=CC1. The van der Waals surface area contributed by atoms with E-state index in [1.165, 1.54) is 0 Å². The third-order valence-corrected chi connectivity index (χ3v) is 4.14. The van der Waals surface area contributed by atoms with Crippen molar-refractivity contribution in [3.8, 4) is 17.3 Å². The van der Waals surface area contributed by atoms with Crippen LogP contribution in [0.25, 0.3) is 27.9 Å². The number of allylic oxidation sites excluding steroid dienone is 4. The van der Waals surface area contributed by atoms with Crippen molar-refractivity contribution >= 4 is 28.2 Å². The Balaban J connectivity index is 2.07. The van der Waals surface area contributed by atoms with Crippen molar-refractivity contribution in [3.63, 3.8) is 0 Å². The summed E-state index contributed by atoms with van der Waals surface area (Å²) in [4.78, 5) is 4.60. The topological polar surface area (TPSA) is 65.4 Å². The van der Waals surface area contributed by atoms with Gasteiger partial charge in [-0.05, 0) is 24.1 Å². The van der Waals surface area contributed by atoms with Crippen molar-refractivity contribution in [3.05, 3.63) is 64.8 Å². The van der Waals surface area contributed by atoms with Crippen LogP contribution in [0.1, 0.15) is 17.5 Å². The Morgan fingerprint density at radius 2 is 2.22 bits per heavy atom. The largest absolute Gasteiger partial charge is 0.261 e. The Morgan fingerprint density at radius 3 is 2.96 bits per heavy atom. The zero-order valence-electron chi connectivity index (χ0n) is 12.0. The van der Waals surface area contributed by atoms with Crippen molar-refractivity contribution in [2.75, 3.05) is 0 Å². The minimum Gasteiger partial charge on any atom is -0.261 e. The maximum atomic E-state index is 9.79. The molecule has 1 N–H and O–H groups in total. The fourth-order valence-electron chi connectivity index (χ4n) is 2.89. The Bertz CT molecular complexity index is 1020. The number of rotatable bonds is 2. The highest BCUT2D eigenvalue weighted by atomic mass is 35.5. The number of nitrogens with zero attached hydrogens (tertiary/aromatic N) is 3. The molecule has 0 bridgehead atoms. The van der Waals surface area contributed by atoms with Crippen molar-refractivity contribution in [1.82, 2.24) is 15.2 Å². The van der Waals surface area contributed by atoms with Crippen molar-refractivity contribution in [1.29, 1.82) is 5.26 Å². The molecule has 2 aromatic heterocycles. The van der Waals surface area contributed by atoms with Crippen LogP contribution in [-0.2, 0) is 0 Å². The van der Waals surface area contributed by atoms with E-state index in [1.54, 1.807) is 12.3 Å². The molecule has 0 spiro atoms. The first-order valence-corrected chi connectivity index (χ1v) is 7.55. The lowest BCUT2D eigenvalue weighted by atomic mass is 9.94. The van der Waals surface area contributed by atoms with Gasteiger partial charge < -0.3 is 0 Å². The van der Waals surface area contributed by atoms with Gasteiger partial charge in [-0.2, -0.15) is 10.4 Å². The second kappa shape index (κ2) is 5.38. The number of nitriles is 1. The molecule has 110 valence electrons. The fraction of sp³-hybridized carbons (Fsp3) is 0.0556. The first kappa shape index (κ1) is 13.7. The van der Waals surface area contributed by atoms with E-state index in [9.17, 15) is 5.26 Å². The third kappa shape index (κ3) is 2.23. The molecule has 0 atom stereocenters. The number of fused-ring (bicyclic) bond motifs is 1. The van der Waals surface area contributed by atoms with Gasteiger partial charge in [0.05, 0.1) is 17.5 Å². The van der Waals surface area contributed by atoms with Crippen molar-refractivity contribution < 1.29 is 0 Å². The van der Waals surface area contributed by atoms with Crippen LogP contribution in [0.15, 0.2) is 48.7 Å². The van der Waals surface area contributed by atoms with Gasteiger partial charge in [-0.15, -0.1) is 0 Å². The van der Waals surface area contributed by atoms with E-state index in [1.807, 2.05) is 30.4 Å². The van der Waals surface area contributed by atoms with Crippen LogP contribution in [0, 0.1) is 11.3 Å². The number of aromatic amines is 1. The molecule has 3 aromatic rings. The molecular formula is C18H11ClN4. The smallest absolute Gasteiger partial charge is 0.156 e. The minimum absolute atomic E-state index is 0.552. The summed E-state index contributed by atoms with van der Waals surface area (Å²) in [6.07, 6.45) is 8.63. The lowest BCUT2D eigenvalue weighted by Gasteiger charge is -2.11. The average Bonchev–Trinajstić information content (AvgIpc) is 3.24. The molecule has 5 heteroatoms. The molecule has 1 aliphatic carbocycles. The fourth-order valence-corrected chi connectivity index (χ4v) is 3.08. The highest BCUT2D eigenvalue weighted by Crippen LogP contribution is 2.36. The zero-order valence-corrected chi connectivity index (χ0v) is 12.8. The second-order valence-electron chi connectivity index (χ2n) is 5.29. The number of aromatic nitrogens is 3. The number of hydrogen-bond donors (Lipinski definition) is 1. The monoisotopic (exact) mass is 318 g/mol. The number of H-pyrrole nitrogens is 1. The number of pyridine rings is 1. The lowest BCUT2D eigenvalue weighted by molar-refractivity contribution is 1.10. The van der Waals surface area contributed by atoms with Gasteiger partial charge in [0.15, 0.2) is 5.65 Å². The Labute approximate surface area is 137 Å². The maximum Gasteiger partial charge on any atom is 0.156 e. The van der Waals surface area contributed by atoms with Gasteiger partial charge in [0.1, 0.15) is 6.07 Å². The Hall–Kier alpha value is -2.90. The summed E-state index contributed by atoms with van der Waals surface area (Å²) in [6.45, 7) is 0. The summed E-state index contributed by atoms with van der Waals surface area (Å²) in [5, 5.41) is 18.3. The summed E-state index contributed by atoms with van der Waals surface area (Å²) in [5.41, 5.74) is 4.65. The molecule has 1 aliphatic rings. The molecule has 0 saturated carbocycles. The quantitative estimate of drug-likeness (QED) is 0.757. The van der Waals surface area contributed by atoms with Crippen molar-refractivity contribution in [2.45, 2.75) is 6.42 Å². The van der Waals surface area contributed by atoms with E-state index in [2.05, 4.69) is 27.3 Å². The summed E-state index contributed by atoms with van der Waals surface area (Å²) in [6, 6.07) is 9.70. The molecule has 2 heterocycles. The molecule has 0 saturated heterocycles. The molecule has 4 nitrogen and oxygen atoms in total. The molecule has 0 unspecified atom stereocenters. The molecule has 23 heavy (non-hydrogen) atoms. The van der Waals surface area contributed by atoms with Crippen LogP contribution < -0.4 is 0 Å². The standard InChI is InChI=1S/C18H11ClN4/c19-13-7-3-6-12(8-13)17-14(9-20)16(11-4-1-2-5-11)15-10-21-23-18(15)22-17/h1-4,6-8,10H,5H2,(H,21,22,23). The van der Waals surface area contributed by atoms with Crippen LogP contribution in [0.5, 0.6) is 0 Å². The zero-order chi connectivity index (χ0) is 15.8. The van der Waals surface area contributed by atoms with Crippen LogP contribution in [0.3, 0.4) is 0 Å². The van der Waals surface area contributed by atoms with Crippen LogP contribution in [0.4, 0.5) is 0 Å². The van der Waals surface area contributed by atoms with Crippen LogP contribution >= 0.6 is 11.6 Å². The molecular weight excluding hydrogens is 308 g/mol. The normalized spacial score (nSPS) is 13.3. The van der Waals surface area contributed by atoms with Gasteiger partial charge in [0.2, 0.25) is 0 Å². The van der Waals surface area contributed by atoms with Gasteiger partial charge in [-0.25, -0.2) is 4.98 Å². The highest BCUT2D eigenvalue weighted by Gasteiger charge is 2.20. The van der Waals surface area contributed by atoms with E-state index < -0.39 is 0 Å². The van der Waals surface area contributed by atoms with Gasteiger partial charge in [-0.1, -0.05) is 42.0 Å². The molecule has 1 aromatic carbocycles. The first-order valence-electron chi connectivity index (χ1n) is 7.17. The predicted octanol–water partition coefficient (Wildman–Crippen LogP) is 4.49. The second-order valence-corrected chi connectivity index (χ2v) is 5.73. The van der Waals surface area contributed by atoms with E-state index in [0.717, 1.165) is 28.5 Å². The molecule has 0 amide bonds. The summed E-state index contributed by atoms with van der Waals surface area (Å²) < 4.78 is 0. The summed E-state index contributed by atoms with van der Waals surface area (Å²) in [7, 11) is 0. The maximum absolute atomic E-state index is 9.79. The van der Waals surface area contributed by atoms with Gasteiger partial charge in [-0.3, -0.25) is 5.10 Å². The number of nitrogens with one attached hydrogen (secondary N) is 1. The summed E-state index contributed by atoms with van der Waals surface area (Å²) >= 11 is 6.10. The van der Waals surface area contributed by atoms with E-state index in [-0.39, 0.29) is 0 Å². The van der Waals surface area contributed by atoms with Gasteiger partial charge in [0, 0.05) is 21.5 Å². The number of halogens is 1. The summed E-state index contributed by atoms with van der Waals surface area (Å²) in [5.74, 6) is 0. The molecule has 0 fully saturated rings. The molecule has 4 rings (SSSR count). The van der Waals surface area contributed by atoms with Crippen LogP contribution in [-0.4, -0.2) is 15.2 Å². The third-order valence-electron chi connectivity index (χ3n) is 3.90. The number of benzene rings is 1. The minimum atomic E-state index is 0.552. The molecule has 0 aliphatic heterocycles. The van der Waals surface area contributed by atoms with E-state index in [0.29, 0.717) is 21.9 Å². The van der Waals surface area contributed by atoms with Crippen molar-refractivity contribution in [2.24, 2.45) is 0 Å². The Morgan fingerprint density at radius 1 is 1.30 bits per heavy atom. The van der Waals surface area contributed by atoms with E-state index in [4.69, 9.17) is 11.6 Å². The Kier molecular flexibility index (Phi) is 3.22. The van der Waals surface area contributed by atoms with E-state index >= 15 is 0 Å². The highest BCUT2D eigenvalue weighted by molar-refractivity contribution is 6.30. The lowest BCUT2D eigenvalue weighted by Crippen LogP contribution is -1.98.